The number of piperidine rings is 1. The summed E-state index contributed by atoms with van der Waals surface area (Å²) in [6, 6.07) is 4.21. The molecule has 0 aromatic carbocycles. The van der Waals surface area contributed by atoms with Gasteiger partial charge in [0, 0.05) is 60.4 Å². The number of rotatable bonds is 5. The van der Waals surface area contributed by atoms with Gasteiger partial charge in [0.15, 0.2) is 0 Å². The summed E-state index contributed by atoms with van der Waals surface area (Å²) in [4.78, 5) is 2.74. The minimum atomic E-state index is 0. The number of nitrogens with one attached hydrogen (secondary N) is 3. The Bertz CT molecular complexity index is 624. The molecule has 4 rings (SSSR count). The van der Waals surface area contributed by atoms with Crippen molar-refractivity contribution in [1.82, 2.24) is 16.0 Å². The molecule has 0 saturated carbocycles. The van der Waals surface area contributed by atoms with E-state index in [-0.39, 0.29) is 36.6 Å². The number of hydrogen-bond acceptors (Lipinski definition) is 5. The summed E-state index contributed by atoms with van der Waals surface area (Å²) in [6.07, 6.45) is 12.6. The maximum atomic E-state index is 3.57. The van der Waals surface area contributed by atoms with Gasteiger partial charge >= 0.3 is 0 Å². The minimum Gasteiger partial charge on any atom is -0.388 e. The second-order valence-corrected chi connectivity index (χ2v) is 8.38. The van der Waals surface area contributed by atoms with Crippen LogP contribution in [0.25, 0.3) is 0 Å². The summed E-state index contributed by atoms with van der Waals surface area (Å²) < 4.78 is 0. The van der Waals surface area contributed by atoms with Crippen LogP contribution in [0.5, 0.6) is 0 Å². The fourth-order valence-corrected chi connectivity index (χ4v) is 5.13. The first-order valence-corrected chi connectivity index (χ1v) is 9.99. The summed E-state index contributed by atoms with van der Waals surface area (Å²) in [5.41, 5.74) is 1.70. The van der Waals surface area contributed by atoms with Crippen molar-refractivity contribution in [1.29, 1.82) is 0 Å². The maximum absolute atomic E-state index is 3.57. The average Bonchev–Trinajstić information content (AvgIpc) is 3.25. The molecule has 3 nitrogen and oxygen atoms in total. The Morgan fingerprint density at radius 1 is 1.38 bits per heavy atom. The van der Waals surface area contributed by atoms with Crippen molar-refractivity contribution in [2.45, 2.75) is 24.8 Å². The molecule has 1 saturated heterocycles. The quantitative estimate of drug-likeness (QED) is 0.463. The van der Waals surface area contributed by atoms with Crippen LogP contribution in [-0.4, -0.2) is 12.0 Å². The van der Waals surface area contributed by atoms with E-state index < -0.39 is 0 Å². The van der Waals surface area contributed by atoms with E-state index in [1.165, 1.54) is 34.7 Å². The maximum Gasteiger partial charge on any atom is 0.118 e. The van der Waals surface area contributed by atoms with Crippen molar-refractivity contribution in [3.8, 4) is 0 Å². The van der Waals surface area contributed by atoms with E-state index in [1.807, 2.05) is 11.8 Å². The Morgan fingerprint density at radius 3 is 3.21 bits per heavy atom. The van der Waals surface area contributed by atoms with Gasteiger partial charge in [0.05, 0.1) is 0 Å². The van der Waals surface area contributed by atoms with Gasteiger partial charge in [-0.15, -0.1) is 10.9 Å². The van der Waals surface area contributed by atoms with E-state index in [1.54, 1.807) is 11.3 Å². The third-order valence-electron chi connectivity index (χ3n) is 4.66. The fourth-order valence-electron chi connectivity index (χ4n) is 3.50. The zero-order valence-corrected chi connectivity index (χ0v) is 19.3. The number of allylic oxidation sites excluding steroid dienone is 5. The summed E-state index contributed by atoms with van der Waals surface area (Å²) in [6.45, 7) is 3.21. The molecule has 0 amide bonds. The topological polar surface area (TPSA) is 36.1 Å². The Labute approximate surface area is 176 Å². The van der Waals surface area contributed by atoms with Crippen LogP contribution in [0.3, 0.4) is 0 Å². The second kappa shape index (κ2) is 8.91. The summed E-state index contributed by atoms with van der Waals surface area (Å²) >= 11 is 3.68. The zero-order valence-electron chi connectivity index (χ0n) is 13.5. The van der Waals surface area contributed by atoms with Crippen LogP contribution in [0, 0.1) is 49.5 Å². The first-order chi connectivity index (χ1) is 11.4. The van der Waals surface area contributed by atoms with Crippen LogP contribution in [0.4, 0.5) is 0 Å². The molecule has 126 valence electrons. The van der Waals surface area contributed by atoms with Gasteiger partial charge in [0.25, 0.3) is 0 Å². The standard InChI is InChI=1S/C18H22N3S2.U/c1-2-6-17-16(5-1)13(7-8-19-17)10-15-12-21-18(23-15)20-11-14-4-3-9-22-14;/h1-4,6,9,11-13,16,18-21H,5,7-8,10H2;/q-1;/t13-,16?,18-;/m0./s1. The van der Waals surface area contributed by atoms with Gasteiger partial charge in [-0.2, -0.15) is 23.9 Å². The molecule has 3 N–H and O–H groups in total. The van der Waals surface area contributed by atoms with Crippen LogP contribution in [0.2, 0.25) is 0 Å². The smallest absolute Gasteiger partial charge is 0.118 e. The minimum absolute atomic E-state index is 0. The molecule has 1 aromatic rings. The monoisotopic (exact) mass is 582 g/mol. The van der Waals surface area contributed by atoms with Crippen molar-refractivity contribution in [3.63, 3.8) is 0 Å². The van der Waals surface area contributed by atoms with Gasteiger partial charge in [0.1, 0.15) is 5.50 Å². The van der Waals surface area contributed by atoms with Crippen molar-refractivity contribution >= 4 is 23.1 Å². The number of thioether (sulfide) groups is 1. The van der Waals surface area contributed by atoms with Crippen LogP contribution < -0.4 is 16.0 Å². The van der Waals surface area contributed by atoms with E-state index >= 15 is 0 Å². The Kier molecular flexibility index (Phi) is 6.89. The normalized spacial score (nSPS) is 27.9. The van der Waals surface area contributed by atoms with Crippen LogP contribution >= 0.6 is 23.1 Å². The van der Waals surface area contributed by atoms with Gasteiger partial charge in [-0.1, -0.05) is 23.9 Å². The Morgan fingerprint density at radius 2 is 2.33 bits per heavy atom. The van der Waals surface area contributed by atoms with Crippen molar-refractivity contribution in [3.05, 3.63) is 64.0 Å². The molecule has 3 aliphatic rings. The average molecular weight is 583 g/mol. The predicted molar refractivity (Wildman–Crippen MR) is 99.5 cm³/mol. The van der Waals surface area contributed by atoms with E-state index in [0.717, 1.165) is 12.5 Å². The largest absolute Gasteiger partial charge is 0.388 e. The molecule has 1 aliphatic carbocycles. The van der Waals surface area contributed by atoms with E-state index in [0.29, 0.717) is 5.92 Å². The summed E-state index contributed by atoms with van der Waals surface area (Å²) in [5, 5.41) is 12.6. The van der Waals surface area contributed by atoms with Gasteiger partial charge in [0.2, 0.25) is 0 Å². The molecular formula is C18H22N3S2U-. The third kappa shape index (κ3) is 4.48. The van der Waals surface area contributed by atoms with Gasteiger partial charge in [-0.3, -0.25) is 0 Å². The van der Waals surface area contributed by atoms with Crippen molar-refractivity contribution in [2.75, 3.05) is 6.54 Å². The Balaban J connectivity index is 0.00000169. The number of fused-ring (bicyclic) bond motifs is 1. The van der Waals surface area contributed by atoms with Crippen LogP contribution in [0.1, 0.15) is 24.1 Å². The zero-order chi connectivity index (χ0) is 15.5. The predicted octanol–water partition coefficient (Wildman–Crippen LogP) is 3.77. The second-order valence-electron chi connectivity index (χ2n) is 6.17. The molecule has 2 aliphatic heterocycles. The molecule has 0 bridgehead atoms. The fraction of sp³-hybridized carbons (Fsp3) is 0.389. The molecule has 1 fully saturated rings. The van der Waals surface area contributed by atoms with Gasteiger partial charge < -0.3 is 16.0 Å². The SMILES string of the molecule is C1=CCC2C(=C1)NCC[C@H]2CC1=CN[C@H](N[CH-]c2cccs2)S1.[U]. The molecular weight excluding hydrogens is 560 g/mol. The van der Waals surface area contributed by atoms with Crippen molar-refractivity contribution in [2.24, 2.45) is 11.8 Å². The molecule has 3 atom stereocenters. The Hall–Kier alpha value is -0.248. The molecule has 3 heterocycles. The third-order valence-corrected chi connectivity index (χ3v) is 6.58. The van der Waals surface area contributed by atoms with Gasteiger partial charge in [-0.05, 0) is 36.6 Å². The van der Waals surface area contributed by atoms with E-state index in [9.17, 15) is 0 Å². The van der Waals surface area contributed by atoms with E-state index in [4.69, 9.17) is 0 Å². The molecule has 0 radical (unpaired) electrons. The molecule has 1 unspecified atom stereocenters. The first kappa shape index (κ1) is 18.5. The first-order valence-electron chi connectivity index (χ1n) is 8.23. The van der Waals surface area contributed by atoms with Gasteiger partial charge in [-0.25, -0.2) is 0 Å². The molecule has 0 spiro atoms. The van der Waals surface area contributed by atoms with Crippen LogP contribution in [0.15, 0.2) is 52.5 Å². The number of hydrogen-bond donors (Lipinski definition) is 3. The molecule has 1 aromatic heterocycles. The number of thiophene rings is 1. The summed E-state index contributed by atoms with van der Waals surface area (Å²) in [7, 11) is 0. The van der Waals surface area contributed by atoms with Crippen molar-refractivity contribution < 1.29 is 31.1 Å². The molecule has 6 heteroatoms. The summed E-state index contributed by atoms with van der Waals surface area (Å²) in [5.74, 6) is 1.44. The molecule has 24 heavy (non-hydrogen) atoms. The van der Waals surface area contributed by atoms with E-state index in [2.05, 4.69) is 64.4 Å². The van der Waals surface area contributed by atoms with Crippen LogP contribution in [-0.2, 0) is 0 Å².